The average Bonchev–Trinajstić information content (AvgIpc) is 2.66. The molecule has 6 nitrogen and oxygen atoms in total. The highest BCUT2D eigenvalue weighted by Crippen LogP contribution is 2.24. The maximum atomic E-state index is 9.21. The summed E-state index contributed by atoms with van der Waals surface area (Å²) in [6.07, 6.45) is 2.74. The number of hydrogen-bond acceptors (Lipinski definition) is 6. The average molecular weight is 349 g/mol. The van der Waals surface area contributed by atoms with Crippen LogP contribution in [0.5, 0.6) is 5.75 Å². The number of benzene rings is 3. The number of aromatic hydroxyl groups is 1. The predicted octanol–water partition coefficient (Wildman–Crippen LogP) is 3.94. The maximum Gasteiger partial charge on any atom is 0.115 e. The second-order valence-corrected chi connectivity index (χ2v) is 5.29. The number of oxime groups is 2. The molecule has 132 valence electrons. The molecule has 0 aliphatic heterocycles. The van der Waals surface area contributed by atoms with E-state index in [-0.39, 0.29) is 5.75 Å². The fourth-order valence-corrected chi connectivity index (χ4v) is 2.22. The van der Waals surface area contributed by atoms with Crippen molar-refractivity contribution in [1.29, 1.82) is 0 Å². The van der Waals surface area contributed by atoms with Gasteiger partial charge in [-0.05, 0) is 41.0 Å². The Kier molecular flexibility index (Phi) is 6.76. The molecule has 3 aromatic rings. The number of nitrogens with zero attached hydrogens (tertiary/aromatic N) is 2. The van der Waals surface area contributed by atoms with Crippen LogP contribution in [0, 0.1) is 0 Å². The summed E-state index contributed by atoms with van der Waals surface area (Å²) in [6.45, 7) is 0. The van der Waals surface area contributed by atoms with Crippen LogP contribution in [0.3, 0.4) is 0 Å². The molecule has 26 heavy (non-hydrogen) atoms. The monoisotopic (exact) mass is 349 g/mol. The van der Waals surface area contributed by atoms with Crippen molar-refractivity contribution in [2.24, 2.45) is 10.3 Å². The van der Waals surface area contributed by atoms with Crippen LogP contribution in [-0.4, -0.2) is 28.0 Å². The lowest BCUT2D eigenvalue weighted by atomic mass is 10.0. The van der Waals surface area contributed by atoms with E-state index in [2.05, 4.69) is 10.3 Å². The van der Waals surface area contributed by atoms with Crippen molar-refractivity contribution in [2.75, 3.05) is 5.73 Å². The van der Waals surface area contributed by atoms with Crippen LogP contribution in [0.15, 0.2) is 83.1 Å². The molecule has 0 spiro atoms. The first-order chi connectivity index (χ1) is 12.6. The van der Waals surface area contributed by atoms with Crippen LogP contribution >= 0.6 is 0 Å². The SMILES string of the molecule is Nc1ccc(/C=N\O)cc1.O/N=C\c1ccccc1-c1ccc(O)cc1. The summed E-state index contributed by atoms with van der Waals surface area (Å²) in [5, 5.41) is 31.8. The third-order valence-corrected chi connectivity index (χ3v) is 3.48. The van der Waals surface area contributed by atoms with Crippen molar-refractivity contribution in [2.45, 2.75) is 0 Å². The molecule has 5 N–H and O–H groups in total. The Labute approximate surface area is 151 Å². The van der Waals surface area contributed by atoms with Crippen molar-refractivity contribution >= 4 is 18.1 Å². The van der Waals surface area contributed by atoms with Gasteiger partial charge in [-0.2, -0.15) is 0 Å². The molecule has 6 heteroatoms. The quantitative estimate of drug-likeness (QED) is 0.248. The molecule has 0 heterocycles. The first-order valence-electron chi connectivity index (χ1n) is 7.73. The van der Waals surface area contributed by atoms with Crippen LogP contribution in [0.1, 0.15) is 11.1 Å². The molecule has 0 bridgehead atoms. The normalized spacial score (nSPS) is 10.6. The number of nitrogen functional groups attached to an aromatic ring is 1. The minimum atomic E-state index is 0.233. The number of nitrogens with two attached hydrogens (primary N) is 1. The Morgan fingerprint density at radius 1 is 0.731 bits per heavy atom. The Balaban J connectivity index is 0.000000209. The van der Waals surface area contributed by atoms with E-state index in [1.54, 1.807) is 36.4 Å². The summed E-state index contributed by atoms with van der Waals surface area (Å²) in [4.78, 5) is 0. The number of anilines is 1. The third-order valence-electron chi connectivity index (χ3n) is 3.48. The molecule has 0 saturated heterocycles. The van der Waals surface area contributed by atoms with Gasteiger partial charge in [-0.1, -0.05) is 58.8 Å². The second-order valence-electron chi connectivity index (χ2n) is 5.29. The fraction of sp³-hybridized carbons (Fsp3) is 0. The van der Waals surface area contributed by atoms with Gasteiger partial charge in [0.1, 0.15) is 5.75 Å². The standard InChI is InChI=1S/C13H11NO2.C7H8N2O/c15-12-7-5-10(6-8-12)13-4-2-1-3-11(13)9-14-16;8-7-3-1-6(2-4-7)5-9-10/h1-9,15-16H;1-5,10H,8H2/b14-9-;9-5-. The molecular formula is C20H19N3O3. The summed E-state index contributed by atoms with van der Waals surface area (Å²) in [6, 6.07) is 21.5. The highest BCUT2D eigenvalue weighted by atomic mass is 16.4. The van der Waals surface area contributed by atoms with Crippen LogP contribution in [0.2, 0.25) is 0 Å². The second kappa shape index (κ2) is 9.48. The summed E-state index contributed by atoms with van der Waals surface area (Å²) >= 11 is 0. The Morgan fingerprint density at radius 3 is 1.96 bits per heavy atom. The lowest BCUT2D eigenvalue weighted by Gasteiger charge is -2.05. The maximum absolute atomic E-state index is 9.21. The van der Waals surface area contributed by atoms with Crippen molar-refractivity contribution in [3.8, 4) is 16.9 Å². The topological polar surface area (TPSA) is 111 Å². The van der Waals surface area contributed by atoms with E-state index in [1.807, 2.05) is 36.4 Å². The molecule has 0 atom stereocenters. The summed E-state index contributed by atoms with van der Waals surface area (Å²) in [7, 11) is 0. The van der Waals surface area contributed by atoms with Crippen LogP contribution in [0.4, 0.5) is 5.69 Å². The van der Waals surface area contributed by atoms with Gasteiger partial charge in [0.05, 0.1) is 12.4 Å². The van der Waals surface area contributed by atoms with Gasteiger partial charge in [-0.15, -0.1) is 0 Å². The van der Waals surface area contributed by atoms with Crippen LogP contribution in [-0.2, 0) is 0 Å². The van der Waals surface area contributed by atoms with Crippen molar-refractivity contribution < 1.29 is 15.5 Å². The van der Waals surface area contributed by atoms with Crippen LogP contribution in [0.25, 0.3) is 11.1 Å². The first kappa shape index (κ1) is 18.5. The largest absolute Gasteiger partial charge is 0.508 e. The number of hydrogen-bond donors (Lipinski definition) is 4. The van der Waals surface area contributed by atoms with E-state index in [1.165, 1.54) is 12.4 Å². The summed E-state index contributed by atoms with van der Waals surface area (Å²) in [5.74, 6) is 0.233. The molecule has 0 aromatic heterocycles. The fourth-order valence-electron chi connectivity index (χ4n) is 2.22. The van der Waals surface area contributed by atoms with Gasteiger partial charge in [-0.3, -0.25) is 0 Å². The van der Waals surface area contributed by atoms with Gasteiger partial charge in [0.2, 0.25) is 0 Å². The highest BCUT2D eigenvalue weighted by molar-refractivity contribution is 5.90. The lowest BCUT2D eigenvalue weighted by molar-refractivity contribution is 0.321. The highest BCUT2D eigenvalue weighted by Gasteiger charge is 2.02. The molecule has 0 radical (unpaired) electrons. The van der Waals surface area contributed by atoms with Gasteiger partial charge in [-0.25, -0.2) is 0 Å². The van der Waals surface area contributed by atoms with Gasteiger partial charge < -0.3 is 21.3 Å². The van der Waals surface area contributed by atoms with E-state index in [9.17, 15) is 5.11 Å². The molecular weight excluding hydrogens is 330 g/mol. The molecule has 0 aliphatic carbocycles. The van der Waals surface area contributed by atoms with Gasteiger partial charge in [0.15, 0.2) is 0 Å². The van der Waals surface area contributed by atoms with E-state index in [4.69, 9.17) is 16.1 Å². The predicted molar refractivity (Wildman–Crippen MR) is 103 cm³/mol. The Hall–Kier alpha value is -3.80. The third kappa shape index (κ3) is 5.38. The van der Waals surface area contributed by atoms with E-state index in [0.29, 0.717) is 5.69 Å². The number of phenolic OH excluding ortho intramolecular Hbond substituents is 1. The van der Waals surface area contributed by atoms with Crippen molar-refractivity contribution in [3.63, 3.8) is 0 Å². The number of rotatable bonds is 3. The zero-order chi connectivity index (χ0) is 18.8. The molecule has 3 aromatic carbocycles. The van der Waals surface area contributed by atoms with Crippen molar-refractivity contribution in [3.05, 3.63) is 83.9 Å². The molecule has 0 unspecified atom stereocenters. The van der Waals surface area contributed by atoms with Gasteiger partial charge in [0.25, 0.3) is 0 Å². The van der Waals surface area contributed by atoms with E-state index in [0.717, 1.165) is 22.3 Å². The van der Waals surface area contributed by atoms with Gasteiger partial charge >= 0.3 is 0 Å². The lowest BCUT2D eigenvalue weighted by Crippen LogP contribution is -1.87. The summed E-state index contributed by atoms with van der Waals surface area (Å²) < 4.78 is 0. The van der Waals surface area contributed by atoms with E-state index < -0.39 is 0 Å². The van der Waals surface area contributed by atoms with Crippen LogP contribution < -0.4 is 5.73 Å². The minimum Gasteiger partial charge on any atom is -0.508 e. The zero-order valence-electron chi connectivity index (χ0n) is 13.9. The number of phenols is 1. The zero-order valence-corrected chi connectivity index (χ0v) is 13.9. The smallest absolute Gasteiger partial charge is 0.115 e. The Bertz CT molecular complexity index is 874. The molecule has 0 saturated carbocycles. The van der Waals surface area contributed by atoms with Crippen molar-refractivity contribution in [1.82, 2.24) is 0 Å². The molecule has 0 fully saturated rings. The summed E-state index contributed by atoms with van der Waals surface area (Å²) in [5.41, 5.74) is 9.70. The Morgan fingerprint density at radius 2 is 1.35 bits per heavy atom. The minimum absolute atomic E-state index is 0.233. The molecule has 0 aliphatic rings. The molecule has 0 amide bonds. The van der Waals surface area contributed by atoms with E-state index >= 15 is 0 Å². The molecule has 3 rings (SSSR count). The van der Waals surface area contributed by atoms with Gasteiger partial charge in [0, 0.05) is 11.3 Å². The first-order valence-corrected chi connectivity index (χ1v) is 7.73.